The highest BCUT2D eigenvalue weighted by Gasteiger charge is 1.92. The molecule has 0 aliphatic heterocycles. The van der Waals surface area contributed by atoms with Crippen molar-refractivity contribution in [2.75, 3.05) is 19.7 Å². The Kier molecular flexibility index (Phi) is 15.2. The average Bonchev–Trinajstić information content (AvgIpc) is 2.49. The molecule has 0 amide bonds. The molecule has 116 valence electrons. The van der Waals surface area contributed by atoms with Crippen molar-refractivity contribution in [2.45, 2.75) is 59.3 Å². The molecule has 0 radical (unpaired) electrons. The fraction of sp³-hybridized carbons (Fsp3) is 0.667. The van der Waals surface area contributed by atoms with E-state index in [1.165, 1.54) is 38.5 Å². The van der Waals surface area contributed by atoms with E-state index in [4.69, 9.17) is 4.74 Å². The van der Waals surface area contributed by atoms with Crippen LogP contribution < -0.4 is 10.1 Å². The number of para-hydroxylation sites is 1. The van der Waals surface area contributed by atoms with Crippen LogP contribution in [-0.2, 0) is 0 Å². The number of hydrogen-bond donors (Lipinski definition) is 1. The van der Waals surface area contributed by atoms with Crippen LogP contribution in [0.25, 0.3) is 0 Å². The smallest absolute Gasteiger partial charge is 0.119 e. The largest absolute Gasteiger partial charge is 0.494 e. The van der Waals surface area contributed by atoms with Crippen molar-refractivity contribution in [3.05, 3.63) is 30.3 Å². The molecule has 0 aliphatic rings. The second kappa shape index (κ2) is 16.0. The third-order valence-electron chi connectivity index (χ3n) is 3.01. The molecule has 1 N–H and O–H groups in total. The second-order valence-electron chi connectivity index (χ2n) is 4.89. The molecule has 0 unspecified atom stereocenters. The van der Waals surface area contributed by atoms with Crippen LogP contribution in [0.4, 0.5) is 0 Å². The van der Waals surface area contributed by atoms with Gasteiger partial charge in [-0.2, -0.15) is 0 Å². The molecular formula is C18H33NO. The molecule has 0 fully saturated rings. The summed E-state index contributed by atoms with van der Waals surface area (Å²) in [6.07, 6.45) is 7.90. The number of nitrogens with one attached hydrogen (secondary N) is 1. The molecule has 0 aromatic heterocycles. The van der Waals surface area contributed by atoms with E-state index in [0.717, 1.165) is 25.4 Å². The summed E-state index contributed by atoms with van der Waals surface area (Å²) in [4.78, 5) is 0. The summed E-state index contributed by atoms with van der Waals surface area (Å²) in [5.41, 5.74) is 0. The Morgan fingerprint density at radius 2 is 1.40 bits per heavy atom. The van der Waals surface area contributed by atoms with Crippen molar-refractivity contribution in [3.63, 3.8) is 0 Å². The molecule has 0 atom stereocenters. The minimum absolute atomic E-state index is 0.857. The van der Waals surface area contributed by atoms with E-state index in [-0.39, 0.29) is 0 Å². The van der Waals surface area contributed by atoms with E-state index >= 15 is 0 Å². The lowest BCUT2D eigenvalue weighted by molar-refractivity contribution is 0.304. The van der Waals surface area contributed by atoms with Gasteiger partial charge in [0.15, 0.2) is 0 Å². The number of ether oxygens (including phenoxy) is 1. The lowest BCUT2D eigenvalue weighted by atomic mass is 10.1. The van der Waals surface area contributed by atoms with E-state index in [1.54, 1.807) is 0 Å². The molecule has 1 aromatic carbocycles. The van der Waals surface area contributed by atoms with Crippen molar-refractivity contribution in [2.24, 2.45) is 0 Å². The molecule has 0 bridgehead atoms. The van der Waals surface area contributed by atoms with Crippen LogP contribution >= 0.6 is 0 Å². The third kappa shape index (κ3) is 13.4. The number of hydrogen-bond acceptors (Lipinski definition) is 2. The first-order valence-corrected chi connectivity index (χ1v) is 8.23. The van der Waals surface area contributed by atoms with Crippen LogP contribution in [0.5, 0.6) is 5.75 Å². The highest BCUT2D eigenvalue weighted by Crippen LogP contribution is 2.10. The zero-order valence-corrected chi connectivity index (χ0v) is 13.7. The highest BCUT2D eigenvalue weighted by atomic mass is 16.5. The average molecular weight is 279 g/mol. The van der Waals surface area contributed by atoms with Gasteiger partial charge in [0.25, 0.3) is 0 Å². The van der Waals surface area contributed by atoms with Gasteiger partial charge in [-0.25, -0.2) is 0 Å². The minimum atomic E-state index is 0.857. The Balaban J connectivity index is 0.000000621. The molecule has 0 saturated heterocycles. The number of rotatable bonds is 10. The maximum atomic E-state index is 5.61. The van der Waals surface area contributed by atoms with Gasteiger partial charge in [-0.15, -0.1) is 0 Å². The Hall–Kier alpha value is -1.02. The monoisotopic (exact) mass is 279 g/mol. The van der Waals surface area contributed by atoms with Gasteiger partial charge in [0.05, 0.1) is 6.61 Å². The standard InChI is InChI=1S/C14H22O.C4H11N/c1-2-3-4-5-6-10-13-15-14-11-8-7-9-12-14;1-3-5-4-2/h7-9,11-12H,2-6,10,13H2,1H3;5H,3-4H2,1-2H3. The lowest BCUT2D eigenvalue weighted by Gasteiger charge is -2.05. The molecular weight excluding hydrogens is 246 g/mol. The summed E-state index contributed by atoms with van der Waals surface area (Å²) in [6.45, 7) is 9.49. The molecule has 1 rings (SSSR count). The van der Waals surface area contributed by atoms with Crippen LogP contribution in [0, 0.1) is 0 Å². The number of unbranched alkanes of at least 4 members (excludes halogenated alkanes) is 5. The van der Waals surface area contributed by atoms with Gasteiger partial charge in [-0.1, -0.05) is 71.1 Å². The fourth-order valence-corrected chi connectivity index (χ4v) is 1.84. The van der Waals surface area contributed by atoms with Crippen LogP contribution in [0.1, 0.15) is 59.3 Å². The molecule has 0 spiro atoms. The third-order valence-corrected chi connectivity index (χ3v) is 3.01. The van der Waals surface area contributed by atoms with Crippen LogP contribution in [0.2, 0.25) is 0 Å². The maximum absolute atomic E-state index is 5.61. The SMILES string of the molecule is CCCCCCCCOc1ccccc1.CCNCC. The second-order valence-corrected chi connectivity index (χ2v) is 4.89. The predicted octanol–water partition coefficient (Wildman–Crippen LogP) is 5.04. The van der Waals surface area contributed by atoms with E-state index in [0.29, 0.717) is 0 Å². The normalized spacial score (nSPS) is 9.75. The molecule has 1 aromatic rings. The van der Waals surface area contributed by atoms with Gasteiger partial charge in [-0.05, 0) is 31.6 Å². The Bertz CT molecular complexity index is 272. The first kappa shape index (κ1) is 19.0. The first-order chi connectivity index (χ1) is 9.85. The fourth-order valence-electron chi connectivity index (χ4n) is 1.84. The van der Waals surface area contributed by atoms with E-state index in [9.17, 15) is 0 Å². The Morgan fingerprint density at radius 1 is 0.800 bits per heavy atom. The van der Waals surface area contributed by atoms with Gasteiger partial charge in [0.1, 0.15) is 5.75 Å². The van der Waals surface area contributed by atoms with Crippen molar-refractivity contribution >= 4 is 0 Å². The molecule has 20 heavy (non-hydrogen) atoms. The zero-order chi connectivity index (χ0) is 14.9. The molecule has 2 heteroatoms. The van der Waals surface area contributed by atoms with Crippen molar-refractivity contribution in [1.82, 2.24) is 5.32 Å². The summed E-state index contributed by atoms with van der Waals surface area (Å²) in [7, 11) is 0. The molecule has 0 aliphatic carbocycles. The van der Waals surface area contributed by atoms with Crippen LogP contribution in [0.3, 0.4) is 0 Å². The van der Waals surface area contributed by atoms with Crippen LogP contribution in [0.15, 0.2) is 30.3 Å². The maximum Gasteiger partial charge on any atom is 0.119 e. The van der Waals surface area contributed by atoms with Gasteiger partial charge in [-0.3, -0.25) is 0 Å². The summed E-state index contributed by atoms with van der Waals surface area (Å²) < 4.78 is 5.61. The molecule has 0 saturated carbocycles. The lowest BCUT2D eigenvalue weighted by Crippen LogP contribution is -2.09. The topological polar surface area (TPSA) is 21.3 Å². The summed E-state index contributed by atoms with van der Waals surface area (Å²) in [5.74, 6) is 0.992. The minimum Gasteiger partial charge on any atom is -0.494 e. The zero-order valence-electron chi connectivity index (χ0n) is 13.7. The van der Waals surface area contributed by atoms with E-state index in [2.05, 4.69) is 26.1 Å². The van der Waals surface area contributed by atoms with Crippen molar-refractivity contribution < 1.29 is 4.74 Å². The van der Waals surface area contributed by atoms with E-state index < -0.39 is 0 Å². The van der Waals surface area contributed by atoms with Gasteiger partial charge in [0.2, 0.25) is 0 Å². The molecule has 0 heterocycles. The van der Waals surface area contributed by atoms with Crippen molar-refractivity contribution in [1.29, 1.82) is 0 Å². The van der Waals surface area contributed by atoms with Crippen molar-refractivity contribution in [3.8, 4) is 5.75 Å². The highest BCUT2D eigenvalue weighted by molar-refractivity contribution is 5.20. The van der Waals surface area contributed by atoms with Gasteiger partial charge < -0.3 is 10.1 Å². The summed E-state index contributed by atoms with van der Waals surface area (Å²) in [5, 5.41) is 3.11. The van der Waals surface area contributed by atoms with Gasteiger partial charge in [0, 0.05) is 0 Å². The Morgan fingerprint density at radius 3 is 1.95 bits per heavy atom. The number of benzene rings is 1. The van der Waals surface area contributed by atoms with E-state index in [1.807, 2.05) is 30.3 Å². The van der Waals surface area contributed by atoms with Crippen LogP contribution in [-0.4, -0.2) is 19.7 Å². The Labute approximate surface area is 125 Å². The quantitative estimate of drug-likeness (QED) is 0.606. The first-order valence-electron chi connectivity index (χ1n) is 8.23. The molecule has 2 nitrogen and oxygen atoms in total. The van der Waals surface area contributed by atoms with Gasteiger partial charge >= 0.3 is 0 Å². The summed E-state index contributed by atoms with van der Waals surface area (Å²) >= 11 is 0. The summed E-state index contributed by atoms with van der Waals surface area (Å²) in [6, 6.07) is 10.1. The predicted molar refractivity (Wildman–Crippen MR) is 89.5 cm³/mol.